The molecule has 1 N–H and O–H groups in total. The molecule has 0 amide bonds. The van der Waals surface area contributed by atoms with Crippen LogP contribution < -0.4 is 10.1 Å². The molecule has 106 valence electrons. The number of hydrogen-bond acceptors (Lipinski definition) is 6. The summed E-state index contributed by atoms with van der Waals surface area (Å²) < 4.78 is 5.26. The van der Waals surface area contributed by atoms with Gasteiger partial charge in [-0.1, -0.05) is 6.92 Å². The summed E-state index contributed by atoms with van der Waals surface area (Å²) in [4.78, 5) is 12.2. The maximum Gasteiger partial charge on any atom is 0.322 e. The van der Waals surface area contributed by atoms with Crippen LogP contribution in [0.2, 0.25) is 5.28 Å². The maximum absolute atomic E-state index is 5.86. The quantitative estimate of drug-likeness (QED) is 0.871. The van der Waals surface area contributed by atoms with E-state index < -0.39 is 0 Å². The zero-order chi connectivity index (χ0) is 13.7. The van der Waals surface area contributed by atoms with Gasteiger partial charge in [0.05, 0.1) is 6.61 Å². The van der Waals surface area contributed by atoms with Crippen molar-refractivity contribution >= 4 is 29.3 Å². The molecule has 1 aliphatic carbocycles. The summed E-state index contributed by atoms with van der Waals surface area (Å²) in [6, 6.07) is 0.694. The molecule has 1 aromatic heterocycles. The van der Waals surface area contributed by atoms with Crippen molar-refractivity contribution in [2.75, 3.05) is 17.7 Å². The molecule has 2 rings (SSSR count). The predicted octanol–water partition coefficient (Wildman–Crippen LogP) is 3.01. The minimum atomic E-state index is 0.165. The van der Waals surface area contributed by atoms with Gasteiger partial charge in [-0.3, -0.25) is 0 Å². The Hall–Kier alpha value is -0.750. The lowest BCUT2D eigenvalue weighted by atomic mass is 10.2. The highest BCUT2D eigenvalue weighted by Crippen LogP contribution is 2.31. The van der Waals surface area contributed by atoms with Gasteiger partial charge in [0, 0.05) is 11.3 Å². The molecular formula is C12H19ClN4OS. The summed E-state index contributed by atoms with van der Waals surface area (Å²) >= 11 is 7.89. The fourth-order valence-corrected chi connectivity index (χ4v) is 3.53. The Bertz CT molecular complexity index is 421. The highest BCUT2D eigenvalue weighted by atomic mass is 35.5. The predicted molar refractivity (Wildman–Crippen MR) is 79.2 cm³/mol. The van der Waals surface area contributed by atoms with Gasteiger partial charge in [0.25, 0.3) is 0 Å². The Morgan fingerprint density at radius 3 is 2.89 bits per heavy atom. The number of aromatic nitrogens is 3. The van der Waals surface area contributed by atoms with Gasteiger partial charge >= 0.3 is 6.01 Å². The highest BCUT2D eigenvalue weighted by Gasteiger charge is 2.25. The zero-order valence-electron chi connectivity index (χ0n) is 11.2. The van der Waals surface area contributed by atoms with E-state index >= 15 is 0 Å². The molecule has 1 heterocycles. The van der Waals surface area contributed by atoms with Gasteiger partial charge in [0.15, 0.2) is 0 Å². The molecule has 5 nitrogen and oxygen atoms in total. The van der Waals surface area contributed by atoms with E-state index in [0.717, 1.165) is 18.1 Å². The topological polar surface area (TPSA) is 59.9 Å². The zero-order valence-corrected chi connectivity index (χ0v) is 12.8. The molecule has 19 heavy (non-hydrogen) atoms. The Morgan fingerprint density at radius 1 is 1.32 bits per heavy atom. The summed E-state index contributed by atoms with van der Waals surface area (Å²) in [6.45, 7) is 4.60. The number of thioether (sulfide) groups is 1. The van der Waals surface area contributed by atoms with Crippen molar-refractivity contribution in [3.63, 3.8) is 0 Å². The van der Waals surface area contributed by atoms with E-state index in [4.69, 9.17) is 16.3 Å². The van der Waals surface area contributed by atoms with Crippen LogP contribution in [0.4, 0.5) is 5.95 Å². The molecule has 0 aromatic carbocycles. The molecule has 0 bridgehead atoms. The second kappa shape index (κ2) is 7.14. The Morgan fingerprint density at radius 2 is 2.16 bits per heavy atom. The van der Waals surface area contributed by atoms with Crippen LogP contribution >= 0.6 is 23.4 Å². The molecule has 7 heteroatoms. The van der Waals surface area contributed by atoms with Gasteiger partial charge in [0.1, 0.15) is 0 Å². The SMILES string of the molecule is CCOc1nc(Cl)nc(NC2CCC(SCC)C2)n1. The van der Waals surface area contributed by atoms with Crippen molar-refractivity contribution < 1.29 is 4.74 Å². The van der Waals surface area contributed by atoms with Gasteiger partial charge in [-0.2, -0.15) is 26.7 Å². The second-order valence-corrected chi connectivity index (χ2v) is 6.29. The van der Waals surface area contributed by atoms with Crippen LogP contribution in [-0.4, -0.2) is 38.6 Å². The van der Waals surface area contributed by atoms with Crippen LogP contribution in [0.25, 0.3) is 0 Å². The van der Waals surface area contributed by atoms with Gasteiger partial charge in [0.2, 0.25) is 11.2 Å². The lowest BCUT2D eigenvalue weighted by molar-refractivity contribution is 0.312. The molecule has 1 saturated carbocycles. The number of anilines is 1. The summed E-state index contributed by atoms with van der Waals surface area (Å²) in [6.07, 6.45) is 3.53. The van der Waals surface area contributed by atoms with E-state index in [-0.39, 0.29) is 11.3 Å². The number of nitrogens with zero attached hydrogens (tertiary/aromatic N) is 3. The number of ether oxygens (including phenoxy) is 1. The molecule has 1 aliphatic rings. The molecule has 0 aliphatic heterocycles. The molecular weight excluding hydrogens is 284 g/mol. The monoisotopic (exact) mass is 302 g/mol. The third kappa shape index (κ3) is 4.38. The van der Waals surface area contributed by atoms with Crippen molar-refractivity contribution in [1.29, 1.82) is 0 Å². The number of halogens is 1. The molecule has 2 unspecified atom stereocenters. The summed E-state index contributed by atoms with van der Waals surface area (Å²) in [7, 11) is 0. The molecule has 0 saturated heterocycles. The van der Waals surface area contributed by atoms with Gasteiger partial charge < -0.3 is 10.1 Å². The Labute approximate surface area is 122 Å². The van der Waals surface area contributed by atoms with Crippen LogP contribution in [0.5, 0.6) is 6.01 Å². The third-order valence-corrected chi connectivity index (χ3v) is 4.38. The van der Waals surface area contributed by atoms with Crippen LogP contribution in [0, 0.1) is 0 Å². The van der Waals surface area contributed by atoms with Crippen molar-refractivity contribution in [3.8, 4) is 6.01 Å². The lowest BCUT2D eigenvalue weighted by Crippen LogP contribution is -2.18. The van der Waals surface area contributed by atoms with Crippen molar-refractivity contribution in [3.05, 3.63) is 5.28 Å². The molecule has 0 radical (unpaired) electrons. The molecule has 1 aromatic rings. The van der Waals surface area contributed by atoms with Crippen molar-refractivity contribution in [2.24, 2.45) is 0 Å². The number of hydrogen-bond donors (Lipinski definition) is 1. The summed E-state index contributed by atoms with van der Waals surface area (Å²) in [5, 5.41) is 4.24. The van der Waals surface area contributed by atoms with E-state index in [2.05, 4.69) is 27.2 Å². The average Bonchev–Trinajstić information content (AvgIpc) is 2.76. The largest absolute Gasteiger partial charge is 0.464 e. The first-order chi connectivity index (χ1) is 9.21. The van der Waals surface area contributed by atoms with Crippen LogP contribution in [0.15, 0.2) is 0 Å². The van der Waals surface area contributed by atoms with Gasteiger partial charge in [-0.05, 0) is 43.5 Å². The second-order valence-electron chi connectivity index (χ2n) is 4.38. The lowest BCUT2D eigenvalue weighted by Gasteiger charge is -2.13. The van der Waals surface area contributed by atoms with E-state index in [0.29, 0.717) is 18.6 Å². The minimum Gasteiger partial charge on any atom is -0.464 e. The van der Waals surface area contributed by atoms with Crippen LogP contribution in [-0.2, 0) is 0 Å². The minimum absolute atomic E-state index is 0.165. The summed E-state index contributed by atoms with van der Waals surface area (Å²) in [5.41, 5.74) is 0. The van der Waals surface area contributed by atoms with E-state index in [9.17, 15) is 0 Å². The van der Waals surface area contributed by atoms with Crippen LogP contribution in [0.3, 0.4) is 0 Å². The van der Waals surface area contributed by atoms with E-state index in [1.165, 1.54) is 12.2 Å². The number of nitrogens with one attached hydrogen (secondary N) is 1. The molecule has 1 fully saturated rings. The standard InChI is InChI=1S/C12H19ClN4OS/c1-3-18-12-16-10(13)15-11(17-12)14-8-5-6-9(7-8)19-4-2/h8-9H,3-7H2,1-2H3,(H,14,15,16,17). The first-order valence-electron chi connectivity index (χ1n) is 6.63. The van der Waals surface area contributed by atoms with E-state index in [1.54, 1.807) is 0 Å². The molecule has 2 atom stereocenters. The summed E-state index contributed by atoms with van der Waals surface area (Å²) in [5.74, 6) is 1.68. The third-order valence-electron chi connectivity index (χ3n) is 2.98. The number of rotatable bonds is 6. The Kier molecular flexibility index (Phi) is 5.51. The Balaban J connectivity index is 1.95. The first-order valence-corrected chi connectivity index (χ1v) is 8.06. The van der Waals surface area contributed by atoms with Crippen molar-refractivity contribution in [2.45, 2.75) is 44.4 Å². The van der Waals surface area contributed by atoms with E-state index in [1.807, 2.05) is 18.7 Å². The average molecular weight is 303 g/mol. The maximum atomic E-state index is 5.86. The highest BCUT2D eigenvalue weighted by molar-refractivity contribution is 7.99. The smallest absolute Gasteiger partial charge is 0.322 e. The fourth-order valence-electron chi connectivity index (χ4n) is 2.23. The molecule has 0 spiro atoms. The van der Waals surface area contributed by atoms with Crippen LogP contribution in [0.1, 0.15) is 33.1 Å². The van der Waals surface area contributed by atoms with Gasteiger partial charge in [-0.25, -0.2) is 0 Å². The fraction of sp³-hybridized carbons (Fsp3) is 0.750. The van der Waals surface area contributed by atoms with Gasteiger partial charge in [-0.15, -0.1) is 0 Å². The van der Waals surface area contributed by atoms with Crippen molar-refractivity contribution in [1.82, 2.24) is 15.0 Å². The first kappa shape index (κ1) is 14.7. The normalized spacial score (nSPS) is 22.5.